The first kappa shape index (κ1) is 18.9. The predicted molar refractivity (Wildman–Crippen MR) is 103 cm³/mol. The highest BCUT2D eigenvalue weighted by Crippen LogP contribution is 2.19. The van der Waals surface area contributed by atoms with E-state index in [2.05, 4.69) is 5.32 Å². The Morgan fingerprint density at radius 1 is 1.07 bits per heavy atom. The lowest BCUT2D eigenvalue weighted by atomic mass is 10.1. The molecule has 0 radical (unpaired) electrons. The summed E-state index contributed by atoms with van der Waals surface area (Å²) in [5.41, 5.74) is 3.37. The van der Waals surface area contributed by atoms with Crippen LogP contribution in [0, 0.1) is 13.8 Å². The molecule has 0 bridgehead atoms. The zero-order valence-corrected chi connectivity index (χ0v) is 15.7. The Hall–Kier alpha value is -2.86. The summed E-state index contributed by atoms with van der Waals surface area (Å²) in [5, 5.41) is 2.78. The number of carbonyl (C=O) groups excluding carboxylic acids is 2. The van der Waals surface area contributed by atoms with Crippen molar-refractivity contribution in [2.45, 2.75) is 13.8 Å². The number of hydrogen-bond donors (Lipinski definition) is 1. The van der Waals surface area contributed by atoms with Gasteiger partial charge in [-0.1, -0.05) is 17.7 Å². The summed E-state index contributed by atoms with van der Waals surface area (Å²) in [4.78, 5) is 26.3. The SMILES string of the molecule is Cc1ccc(OCC(=O)Nc2ccc(C(=O)N3CCOCC3)cc2)c(C)c1. The van der Waals surface area contributed by atoms with Crippen molar-refractivity contribution in [3.8, 4) is 5.75 Å². The van der Waals surface area contributed by atoms with Gasteiger partial charge in [0.05, 0.1) is 13.2 Å². The first-order valence-electron chi connectivity index (χ1n) is 9.00. The second-order valence-corrected chi connectivity index (χ2v) is 6.59. The van der Waals surface area contributed by atoms with Crippen LogP contribution < -0.4 is 10.1 Å². The maximum atomic E-state index is 12.4. The number of morpholine rings is 1. The summed E-state index contributed by atoms with van der Waals surface area (Å²) in [7, 11) is 0. The van der Waals surface area contributed by atoms with Gasteiger partial charge >= 0.3 is 0 Å². The van der Waals surface area contributed by atoms with Crippen LogP contribution in [-0.4, -0.2) is 49.6 Å². The van der Waals surface area contributed by atoms with E-state index in [0.717, 1.165) is 11.1 Å². The van der Waals surface area contributed by atoms with Crippen LogP contribution in [0.25, 0.3) is 0 Å². The van der Waals surface area contributed by atoms with Gasteiger partial charge in [0.2, 0.25) is 0 Å². The lowest BCUT2D eigenvalue weighted by molar-refractivity contribution is -0.118. The molecule has 0 aromatic heterocycles. The van der Waals surface area contributed by atoms with Gasteiger partial charge in [-0.3, -0.25) is 9.59 Å². The van der Waals surface area contributed by atoms with E-state index in [1.807, 2.05) is 32.0 Å². The lowest BCUT2D eigenvalue weighted by Crippen LogP contribution is -2.40. The smallest absolute Gasteiger partial charge is 0.262 e. The van der Waals surface area contributed by atoms with Crippen LogP contribution in [0.2, 0.25) is 0 Å². The van der Waals surface area contributed by atoms with Crippen LogP contribution in [-0.2, 0) is 9.53 Å². The van der Waals surface area contributed by atoms with Crippen molar-refractivity contribution in [2.24, 2.45) is 0 Å². The average Bonchev–Trinajstić information content (AvgIpc) is 2.68. The van der Waals surface area contributed by atoms with Crippen molar-refractivity contribution in [3.05, 3.63) is 59.2 Å². The van der Waals surface area contributed by atoms with E-state index in [-0.39, 0.29) is 18.4 Å². The minimum Gasteiger partial charge on any atom is -0.483 e. The molecule has 0 atom stereocenters. The zero-order valence-electron chi connectivity index (χ0n) is 15.7. The molecule has 1 saturated heterocycles. The highest BCUT2D eigenvalue weighted by atomic mass is 16.5. The van der Waals surface area contributed by atoms with Gasteiger partial charge in [0, 0.05) is 24.3 Å². The van der Waals surface area contributed by atoms with Gasteiger partial charge < -0.3 is 19.7 Å². The summed E-state index contributed by atoms with van der Waals surface area (Å²) in [6, 6.07) is 12.7. The second-order valence-electron chi connectivity index (χ2n) is 6.59. The summed E-state index contributed by atoms with van der Waals surface area (Å²) in [6.07, 6.45) is 0. The maximum Gasteiger partial charge on any atom is 0.262 e. The Morgan fingerprint density at radius 2 is 1.78 bits per heavy atom. The molecule has 0 unspecified atom stereocenters. The predicted octanol–water partition coefficient (Wildman–Crippen LogP) is 2.79. The van der Waals surface area contributed by atoms with Crippen molar-refractivity contribution in [1.29, 1.82) is 0 Å². The molecule has 27 heavy (non-hydrogen) atoms. The van der Waals surface area contributed by atoms with Crippen molar-refractivity contribution >= 4 is 17.5 Å². The Bertz CT molecular complexity index is 811. The monoisotopic (exact) mass is 368 g/mol. The highest BCUT2D eigenvalue weighted by Gasteiger charge is 2.18. The topological polar surface area (TPSA) is 67.9 Å². The van der Waals surface area contributed by atoms with Crippen LogP contribution in [0.4, 0.5) is 5.69 Å². The highest BCUT2D eigenvalue weighted by molar-refractivity contribution is 5.96. The number of carbonyl (C=O) groups is 2. The number of amides is 2. The number of hydrogen-bond acceptors (Lipinski definition) is 4. The molecule has 2 aromatic carbocycles. The number of rotatable bonds is 5. The summed E-state index contributed by atoms with van der Waals surface area (Å²) in [6.45, 7) is 6.24. The third-order valence-electron chi connectivity index (χ3n) is 4.40. The van der Waals surface area contributed by atoms with E-state index in [0.29, 0.717) is 43.3 Å². The quantitative estimate of drug-likeness (QED) is 0.881. The molecule has 1 heterocycles. The molecule has 0 saturated carbocycles. The van der Waals surface area contributed by atoms with E-state index < -0.39 is 0 Å². The molecule has 6 nitrogen and oxygen atoms in total. The Morgan fingerprint density at radius 3 is 2.44 bits per heavy atom. The third kappa shape index (κ3) is 5.08. The molecule has 1 N–H and O–H groups in total. The Balaban J connectivity index is 1.52. The fourth-order valence-corrected chi connectivity index (χ4v) is 2.95. The van der Waals surface area contributed by atoms with E-state index in [1.54, 1.807) is 29.2 Å². The fraction of sp³-hybridized carbons (Fsp3) is 0.333. The van der Waals surface area contributed by atoms with Gasteiger partial charge in [0.15, 0.2) is 6.61 Å². The Labute approximate surface area is 159 Å². The van der Waals surface area contributed by atoms with Gasteiger partial charge in [-0.25, -0.2) is 0 Å². The number of nitrogens with zero attached hydrogens (tertiary/aromatic N) is 1. The van der Waals surface area contributed by atoms with Gasteiger partial charge in [0.25, 0.3) is 11.8 Å². The van der Waals surface area contributed by atoms with Crippen LogP contribution in [0.1, 0.15) is 21.5 Å². The third-order valence-corrected chi connectivity index (χ3v) is 4.40. The van der Waals surface area contributed by atoms with Crippen LogP contribution in [0.5, 0.6) is 5.75 Å². The first-order chi connectivity index (χ1) is 13.0. The standard InChI is InChI=1S/C21H24N2O4/c1-15-3-8-19(16(2)13-15)27-14-20(24)22-18-6-4-17(5-7-18)21(25)23-9-11-26-12-10-23/h3-8,13H,9-12,14H2,1-2H3,(H,22,24). The zero-order chi connectivity index (χ0) is 19.2. The molecular formula is C21H24N2O4. The molecule has 0 spiro atoms. The van der Waals surface area contributed by atoms with Gasteiger partial charge in [0.1, 0.15) is 5.75 Å². The molecular weight excluding hydrogens is 344 g/mol. The van der Waals surface area contributed by atoms with E-state index in [1.165, 1.54) is 0 Å². The molecule has 1 fully saturated rings. The minimum atomic E-state index is -0.248. The number of ether oxygens (including phenoxy) is 2. The van der Waals surface area contributed by atoms with E-state index in [4.69, 9.17) is 9.47 Å². The van der Waals surface area contributed by atoms with Crippen LogP contribution in [0.15, 0.2) is 42.5 Å². The fourth-order valence-electron chi connectivity index (χ4n) is 2.95. The first-order valence-corrected chi connectivity index (χ1v) is 9.00. The summed E-state index contributed by atoms with van der Waals surface area (Å²) >= 11 is 0. The van der Waals surface area contributed by atoms with Crippen molar-refractivity contribution < 1.29 is 19.1 Å². The Kier molecular flexibility index (Phi) is 6.08. The number of nitrogens with one attached hydrogen (secondary N) is 1. The largest absolute Gasteiger partial charge is 0.483 e. The normalized spacial score (nSPS) is 13.9. The molecule has 1 aliphatic heterocycles. The van der Waals surface area contributed by atoms with Crippen LogP contribution >= 0.6 is 0 Å². The van der Waals surface area contributed by atoms with Crippen LogP contribution in [0.3, 0.4) is 0 Å². The van der Waals surface area contributed by atoms with E-state index in [9.17, 15) is 9.59 Å². The molecule has 3 rings (SSSR count). The molecule has 2 amide bonds. The minimum absolute atomic E-state index is 0.0191. The molecule has 6 heteroatoms. The molecule has 2 aromatic rings. The number of benzene rings is 2. The number of aryl methyl sites for hydroxylation is 2. The molecule has 0 aliphatic carbocycles. The van der Waals surface area contributed by atoms with Gasteiger partial charge in [-0.05, 0) is 49.7 Å². The molecule has 1 aliphatic rings. The van der Waals surface area contributed by atoms with Gasteiger partial charge in [-0.2, -0.15) is 0 Å². The lowest BCUT2D eigenvalue weighted by Gasteiger charge is -2.26. The van der Waals surface area contributed by atoms with Crippen molar-refractivity contribution in [2.75, 3.05) is 38.2 Å². The van der Waals surface area contributed by atoms with Crippen molar-refractivity contribution in [1.82, 2.24) is 4.90 Å². The maximum absolute atomic E-state index is 12.4. The van der Waals surface area contributed by atoms with Gasteiger partial charge in [-0.15, -0.1) is 0 Å². The van der Waals surface area contributed by atoms with Crippen molar-refractivity contribution in [3.63, 3.8) is 0 Å². The summed E-state index contributed by atoms with van der Waals surface area (Å²) in [5.74, 6) is 0.429. The van der Waals surface area contributed by atoms with E-state index >= 15 is 0 Å². The average molecular weight is 368 g/mol. The summed E-state index contributed by atoms with van der Waals surface area (Å²) < 4.78 is 10.8. The molecule has 142 valence electrons. The second kappa shape index (κ2) is 8.68. The number of anilines is 1.